The minimum Gasteiger partial charge on any atom is -0.577 e. The van der Waals surface area contributed by atoms with Crippen LogP contribution in [0.15, 0.2) is 13.2 Å². The molecule has 0 radical (unpaired) electrons. The first-order valence-corrected chi connectivity index (χ1v) is 0.500. The summed E-state index contributed by atoms with van der Waals surface area (Å²) in [5, 5.41) is 0. The first-order chi connectivity index (χ1) is 1.00. The van der Waals surface area contributed by atoms with Gasteiger partial charge in [0.1, 0.15) is 0 Å². The van der Waals surface area contributed by atoms with E-state index in [0.29, 0.717) is 0 Å². The van der Waals surface area contributed by atoms with Gasteiger partial charge in [0.15, 0.2) is 0 Å². The van der Waals surface area contributed by atoms with Gasteiger partial charge in [0, 0.05) is 21.1 Å². The molecule has 0 rings (SSSR count). The third kappa shape index (κ3) is 13.4. The summed E-state index contributed by atoms with van der Waals surface area (Å²) < 4.78 is 0. The first kappa shape index (κ1) is 20.9. The molecule has 0 saturated heterocycles. The second-order valence-electron chi connectivity index (χ2n) is 0. The van der Waals surface area contributed by atoms with Crippen LogP contribution in [0.25, 0.3) is 0 Å². The molecule has 0 unspecified atom stereocenters. The van der Waals surface area contributed by atoms with Crippen LogP contribution in [0, 0.1) is 0 Å². The van der Waals surface area contributed by atoms with Crippen LogP contribution in [-0.4, -0.2) is 0 Å². The Kier molecular flexibility index (Phi) is 224. The fraction of sp³-hybridized carbons (Fsp3) is 0. The summed E-state index contributed by atoms with van der Waals surface area (Å²) in [5.74, 6) is 0. The summed E-state index contributed by atoms with van der Waals surface area (Å²) in [6, 6.07) is 0. The maximum atomic E-state index is 3.00. The van der Waals surface area contributed by atoms with Crippen molar-refractivity contribution in [3.63, 3.8) is 0 Å². The molecule has 0 N–H and O–H groups in total. The summed E-state index contributed by atoms with van der Waals surface area (Å²) in [7, 11) is 0. The van der Waals surface area contributed by atoms with Gasteiger partial charge in [-0.1, -0.05) is 0 Å². The molecule has 0 spiro atoms. The molecule has 0 saturated carbocycles. The molecular weight excluding hydrogens is 239 g/mol. The summed E-state index contributed by atoms with van der Waals surface area (Å²) in [6.07, 6.45) is 0. The Bertz CT molecular complexity index is 6.00. The maximum absolute atomic E-state index is 3.00. The van der Waals surface area contributed by atoms with Crippen molar-refractivity contribution in [2.45, 2.75) is 0 Å². The Morgan fingerprint density at radius 3 is 1.00 bits per heavy atom. The Hall–Kier alpha value is 0.858. The zero-order valence-corrected chi connectivity index (χ0v) is 6.49. The zero-order valence-electron chi connectivity index (χ0n) is 2.40. The van der Waals surface area contributed by atoms with Crippen molar-refractivity contribution in [3.8, 4) is 0 Å². The second kappa shape index (κ2) is 42.8. The van der Waals surface area contributed by atoms with Crippen molar-refractivity contribution in [2.24, 2.45) is 0 Å². The summed E-state index contributed by atoms with van der Waals surface area (Å²) >= 11 is 0. The van der Waals surface area contributed by atoms with E-state index in [9.17, 15) is 0 Å². The molecule has 0 aromatic rings. The van der Waals surface area contributed by atoms with Gasteiger partial charge in [0.05, 0.1) is 0 Å². The molecule has 0 fully saturated rings. The number of hydrogen-bond acceptors (Lipinski definition) is 0. The summed E-state index contributed by atoms with van der Waals surface area (Å²) in [6.45, 7) is 6.00. The van der Waals surface area contributed by atoms with E-state index in [1.54, 1.807) is 0 Å². The van der Waals surface area contributed by atoms with Crippen LogP contribution >= 0.6 is 9.90 Å². The summed E-state index contributed by atoms with van der Waals surface area (Å²) in [5.41, 5.74) is 0. The second-order valence-corrected chi connectivity index (χ2v) is 0. The largest absolute Gasteiger partial charge is 0.577 e. The minimum atomic E-state index is 0. The third-order valence-electron chi connectivity index (χ3n) is 0. The predicted molar refractivity (Wildman–Crippen MR) is 21.0 cm³/mol. The fourth-order valence-electron chi connectivity index (χ4n) is 0. The molecule has 0 aromatic heterocycles. The van der Waals surface area contributed by atoms with Gasteiger partial charge in [-0.15, -0.1) is 13.2 Å². The van der Waals surface area contributed by atoms with Crippen molar-refractivity contribution in [1.29, 1.82) is 0 Å². The predicted octanol–water partition coefficient (Wildman–Crippen LogP) is 1.13. The average Bonchev–Trinajstić information content (AvgIpc) is 1.00. The van der Waals surface area contributed by atoms with Crippen LogP contribution in [0.1, 0.15) is 0 Å². The van der Waals surface area contributed by atoms with Gasteiger partial charge in [0.2, 0.25) is 0 Å². The van der Waals surface area contributed by atoms with E-state index < -0.39 is 0 Å². The SMILES string of the molecule is C=C.[PH2-].[W]. The molecule has 0 aliphatic carbocycles. The Balaban J connectivity index is -0.00000000500. The topological polar surface area (TPSA) is 0 Å². The van der Waals surface area contributed by atoms with Gasteiger partial charge in [-0.3, -0.25) is 0 Å². The van der Waals surface area contributed by atoms with Crippen molar-refractivity contribution in [1.82, 2.24) is 0 Å². The van der Waals surface area contributed by atoms with E-state index in [1.165, 1.54) is 0 Å². The normalized spacial score (nSPS) is 1.00. The quantitative estimate of drug-likeness (QED) is 0.443. The van der Waals surface area contributed by atoms with Crippen LogP contribution in [0.2, 0.25) is 0 Å². The van der Waals surface area contributed by atoms with Gasteiger partial charge < -0.3 is 9.90 Å². The van der Waals surface area contributed by atoms with Crippen LogP contribution in [0.4, 0.5) is 0 Å². The molecule has 2 heteroatoms. The molecule has 0 bridgehead atoms. The van der Waals surface area contributed by atoms with Crippen molar-refractivity contribution in [3.05, 3.63) is 13.2 Å². The molecule has 0 aromatic carbocycles. The standard InChI is InChI=1S/C2H4.H2P.W/c1-2;;/h1-2H2;1H2;/q;-1;. The molecule has 0 aliphatic rings. The molecule has 0 atom stereocenters. The Labute approximate surface area is 44.6 Å². The van der Waals surface area contributed by atoms with Gasteiger partial charge in [-0.2, -0.15) is 0 Å². The molecule has 0 nitrogen and oxygen atoms in total. The van der Waals surface area contributed by atoms with E-state index in [0.717, 1.165) is 0 Å². The molecule has 26 valence electrons. The number of hydrogen-bond donors (Lipinski definition) is 0. The van der Waals surface area contributed by atoms with Crippen molar-refractivity contribution in [2.75, 3.05) is 0 Å². The molecular formula is C2H6PW-. The molecule has 0 heterocycles. The van der Waals surface area contributed by atoms with E-state index in [4.69, 9.17) is 0 Å². The maximum Gasteiger partial charge on any atom is 0 e. The summed E-state index contributed by atoms with van der Waals surface area (Å²) in [4.78, 5) is 0. The van der Waals surface area contributed by atoms with E-state index in [1.807, 2.05) is 0 Å². The van der Waals surface area contributed by atoms with Crippen molar-refractivity contribution >= 4 is 9.90 Å². The Morgan fingerprint density at radius 2 is 1.00 bits per heavy atom. The first-order valence-electron chi connectivity index (χ1n) is 0.500. The monoisotopic (exact) mass is 245 g/mol. The molecule has 0 amide bonds. The van der Waals surface area contributed by atoms with E-state index in [2.05, 4.69) is 13.2 Å². The molecule has 4 heavy (non-hydrogen) atoms. The van der Waals surface area contributed by atoms with Gasteiger partial charge in [-0.25, -0.2) is 0 Å². The smallest absolute Gasteiger partial charge is 0 e. The Morgan fingerprint density at radius 1 is 1.00 bits per heavy atom. The van der Waals surface area contributed by atoms with E-state index >= 15 is 0 Å². The van der Waals surface area contributed by atoms with Crippen LogP contribution in [0.3, 0.4) is 0 Å². The van der Waals surface area contributed by atoms with Gasteiger partial charge in [0.25, 0.3) is 0 Å². The number of rotatable bonds is 0. The third-order valence-corrected chi connectivity index (χ3v) is 0. The molecule has 0 aliphatic heterocycles. The fourth-order valence-corrected chi connectivity index (χ4v) is 0. The minimum absolute atomic E-state index is 0. The van der Waals surface area contributed by atoms with Crippen LogP contribution < -0.4 is 0 Å². The van der Waals surface area contributed by atoms with E-state index in [-0.39, 0.29) is 31.0 Å². The van der Waals surface area contributed by atoms with Crippen LogP contribution in [-0.2, 0) is 21.1 Å². The van der Waals surface area contributed by atoms with Gasteiger partial charge in [-0.05, 0) is 0 Å². The van der Waals surface area contributed by atoms with Crippen LogP contribution in [0.5, 0.6) is 0 Å². The van der Waals surface area contributed by atoms with Gasteiger partial charge >= 0.3 is 0 Å². The average molecular weight is 245 g/mol. The zero-order chi connectivity index (χ0) is 2.00. The van der Waals surface area contributed by atoms with Crippen molar-refractivity contribution < 1.29 is 21.1 Å².